The maximum absolute atomic E-state index is 12.6. The molecule has 5 heteroatoms. The third-order valence-corrected chi connectivity index (χ3v) is 4.26. The zero-order chi connectivity index (χ0) is 19.4. The SMILES string of the molecule is CCc1cc(=O)n(CC(=O)Nc2cc(C)cc(C)c2)c(-c2ccccc2)n1. The van der Waals surface area contributed by atoms with Gasteiger partial charge in [0.15, 0.2) is 0 Å². The number of carbonyl (C=O) groups is 1. The monoisotopic (exact) mass is 361 g/mol. The number of aryl methyl sites for hydroxylation is 3. The lowest BCUT2D eigenvalue weighted by Crippen LogP contribution is -2.30. The number of nitrogens with one attached hydrogen (secondary N) is 1. The molecule has 0 saturated carbocycles. The van der Waals surface area contributed by atoms with E-state index in [1.54, 1.807) is 0 Å². The van der Waals surface area contributed by atoms with Gasteiger partial charge in [0.1, 0.15) is 12.4 Å². The second-order valence-electron chi connectivity index (χ2n) is 6.64. The molecule has 1 aromatic heterocycles. The summed E-state index contributed by atoms with van der Waals surface area (Å²) in [4.78, 5) is 29.8. The predicted molar refractivity (Wildman–Crippen MR) is 108 cm³/mol. The summed E-state index contributed by atoms with van der Waals surface area (Å²) >= 11 is 0. The molecule has 0 aliphatic rings. The second-order valence-corrected chi connectivity index (χ2v) is 6.64. The summed E-state index contributed by atoms with van der Waals surface area (Å²) in [6.07, 6.45) is 0.657. The van der Waals surface area contributed by atoms with E-state index < -0.39 is 0 Å². The molecule has 0 radical (unpaired) electrons. The van der Waals surface area contributed by atoms with E-state index >= 15 is 0 Å². The van der Waals surface area contributed by atoms with Crippen LogP contribution in [-0.2, 0) is 17.8 Å². The van der Waals surface area contributed by atoms with Gasteiger partial charge in [-0.3, -0.25) is 14.2 Å². The van der Waals surface area contributed by atoms with Crippen LogP contribution in [0.3, 0.4) is 0 Å². The van der Waals surface area contributed by atoms with E-state index in [0.717, 1.165) is 22.4 Å². The van der Waals surface area contributed by atoms with Crippen molar-refractivity contribution >= 4 is 11.6 Å². The van der Waals surface area contributed by atoms with Crippen LogP contribution in [0.15, 0.2) is 59.4 Å². The van der Waals surface area contributed by atoms with E-state index in [0.29, 0.717) is 17.9 Å². The molecule has 5 nitrogen and oxygen atoms in total. The van der Waals surface area contributed by atoms with Gasteiger partial charge in [-0.2, -0.15) is 0 Å². The van der Waals surface area contributed by atoms with Crippen molar-refractivity contribution in [1.29, 1.82) is 0 Å². The van der Waals surface area contributed by atoms with E-state index in [2.05, 4.69) is 10.3 Å². The fourth-order valence-corrected chi connectivity index (χ4v) is 3.09. The molecular weight excluding hydrogens is 338 g/mol. The number of nitrogens with zero attached hydrogens (tertiary/aromatic N) is 2. The number of carbonyl (C=O) groups excluding carboxylic acids is 1. The number of amides is 1. The predicted octanol–water partition coefficient (Wildman–Crippen LogP) is 3.73. The highest BCUT2D eigenvalue weighted by Gasteiger charge is 2.14. The summed E-state index contributed by atoms with van der Waals surface area (Å²) in [7, 11) is 0. The Bertz CT molecular complexity index is 1000. The fraction of sp³-hybridized carbons (Fsp3) is 0.227. The lowest BCUT2D eigenvalue weighted by molar-refractivity contribution is -0.116. The van der Waals surface area contributed by atoms with Crippen molar-refractivity contribution < 1.29 is 4.79 Å². The Kier molecular flexibility index (Phi) is 5.50. The fourth-order valence-electron chi connectivity index (χ4n) is 3.09. The Hall–Kier alpha value is -3.21. The summed E-state index contributed by atoms with van der Waals surface area (Å²) in [5, 5.41) is 2.88. The number of anilines is 1. The minimum Gasteiger partial charge on any atom is -0.325 e. The average Bonchev–Trinajstić information content (AvgIpc) is 2.63. The molecule has 0 saturated heterocycles. The topological polar surface area (TPSA) is 64.0 Å². The van der Waals surface area contributed by atoms with Gasteiger partial charge < -0.3 is 5.32 Å². The molecule has 1 heterocycles. The van der Waals surface area contributed by atoms with Gasteiger partial charge >= 0.3 is 0 Å². The summed E-state index contributed by atoms with van der Waals surface area (Å²) in [5.74, 6) is 0.251. The first-order valence-electron chi connectivity index (χ1n) is 9.00. The highest BCUT2D eigenvalue weighted by atomic mass is 16.2. The van der Waals surface area contributed by atoms with Crippen LogP contribution in [0, 0.1) is 13.8 Å². The zero-order valence-electron chi connectivity index (χ0n) is 15.8. The average molecular weight is 361 g/mol. The minimum absolute atomic E-state index is 0.0902. The summed E-state index contributed by atoms with van der Waals surface area (Å²) in [6.45, 7) is 5.82. The normalized spacial score (nSPS) is 10.6. The van der Waals surface area contributed by atoms with Crippen LogP contribution in [0.2, 0.25) is 0 Å². The van der Waals surface area contributed by atoms with Crippen molar-refractivity contribution in [3.63, 3.8) is 0 Å². The smallest absolute Gasteiger partial charge is 0.254 e. The van der Waals surface area contributed by atoms with Crippen molar-refractivity contribution in [2.24, 2.45) is 0 Å². The van der Waals surface area contributed by atoms with Gasteiger partial charge in [0.25, 0.3) is 5.56 Å². The van der Waals surface area contributed by atoms with Crippen LogP contribution < -0.4 is 10.9 Å². The van der Waals surface area contributed by atoms with Crippen molar-refractivity contribution in [2.75, 3.05) is 5.32 Å². The largest absolute Gasteiger partial charge is 0.325 e. The molecule has 0 bridgehead atoms. The molecule has 0 unspecified atom stereocenters. The Morgan fingerprint density at radius 3 is 2.33 bits per heavy atom. The lowest BCUT2D eigenvalue weighted by Gasteiger charge is -2.14. The number of benzene rings is 2. The Morgan fingerprint density at radius 2 is 1.70 bits per heavy atom. The molecule has 0 fully saturated rings. The van der Waals surface area contributed by atoms with Gasteiger partial charge in [0, 0.05) is 23.0 Å². The molecule has 0 spiro atoms. The van der Waals surface area contributed by atoms with Gasteiger partial charge in [-0.15, -0.1) is 0 Å². The summed E-state index contributed by atoms with van der Waals surface area (Å²) in [6, 6.07) is 16.8. The van der Waals surface area contributed by atoms with Gasteiger partial charge in [0.05, 0.1) is 0 Å². The standard InChI is InChI=1S/C22H23N3O2/c1-4-18-13-21(27)25(22(24-18)17-8-6-5-7-9-17)14-20(26)23-19-11-15(2)10-16(3)12-19/h5-13H,4,14H2,1-3H3,(H,23,26). The van der Waals surface area contributed by atoms with Gasteiger partial charge in [0.2, 0.25) is 5.91 Å². The summed E-state index contributed by atoms with van der Waals surface area (Å²) < 4.78 is 1.42. The van der Waals surface area contributed by atoms with Crippen LogP contribution in [0.5, 0.6) is 0 Å². The van der Waals surface area contributed by atoms with Gasteiger partial charge in [-0.1, -0.05) is 43.3 Å². The zero-order valence-corrected chi connectivity index (χ0v) is 15.8. The summed E-state index contributed by atoms with van der Waals surface area (Å²) in [5.41, 5.74) is 4.16. The number of aromatic nitrogens is 2. The maximum atomic E-state index is 12.6. The van der Waals surface area contributed by atoms with E-state index in [1.165, 1.54) is 10.6 Å². The lowest BCUT2D eigenvalue weighted by atomic mass is 10.1. The second kappa shape index (κ2) is 7.99. The Balaban J connectivity index is 1.94. The number of hydrogen-bond donors (Lipinski definition) is 1. The maximum Gasteiger partial charge on any atom is 0.254 e. The first-order valence-corrected chi connectivity index (χ1v) is 9.00. The van der Waals surface area contributed by atoms with Crippen LogP contribution >= 0.6 is 0 Å². The van der Waals surface area contributed by atoms with Crippen molar-refractivity contribution in [3.05, 3.63) is 81.8 Å². The first-order chi connectivity index (χ1) is 13.0. The minimum atomic E-state index is -0.259. The molecule has 0 aliphatic heterocycles. The van der Waals surface area contributed by atoms with Crippen LogP contribution in [0.1, 0.15) is 23.7 Å². The highest BCUT2D eigenvalue weighted by Crippen LogP contribution is 2.17. The molecule has 2 aromatic carbocycles. The van der Waals surface area contributed by atoms with Crippen LogP contribution in [0.4, 0.5) is 5.69 Å². The molecule has 0 atom stereocenters. The molecule has 27 heavy (non-hydrogen) atoms. The van der Waals surface area contributed by atoms with Crippen LogP contribution in [-0.4, -0.2) is 15.5 Å². The van der Waals surface area contributed by atoms with E-state index in [-0.39, 0.29) is 18.0 Å². The van der Waals surface area contributed by atoms with Crippen LogP contribution in [0.25, 0.3) is 11.4 Å². The Morgan fingerprint density at radius 1 is 1.04 bits per heavy atom. The molecule has 138 valence electrons. The van der Waals surface area contributed by atoms with Crippen molar-refractivity contribution in [2.45, 2.75) is 33.7 Å². The quantitative estimate of drug-likeness (QED) is 0.753. The molecule has 0 aliphatic carbocycles. The molecular formula is C22H23N3O2. The number of hydrogen-bond acceptors (Lipinski definition) is 3. The Labute approximate surface area is 158 Å². The first kappa shape index (κ1) is 18.6. The third kappa shape index (κ3) is 4.50. The molecule has 1 N–H and O–H groups in total. The van der Waals surface area contributed by atoms with E-state index in [4.69, 9.17) is 0 Å². The molecule has 3 rings (SSSR count). The van der Waals surface area contributed by atoms with Crippen molar-refractivity contribution in [3.8, 4) is 11.4 Å². The van der Waals surface area contributed by atoms with Gasteiger partial charge in [-0.05, 0) is 43.5 Å². The van der Waals surface area contributed by atoms with E-state index in [1.807, 2.05) is 69.3 Å². The van der Waals surface area contributed by atoms with Gasteiger partial charge in [-0.25, -0.2) is 4.98 Å². The molecule has 3 aromatic rings. The number of rotatable bonds is 5. The van der Waals surface area contributed by atoms with E-state index in [9.17, 15) is 9.59 Å². The molecule has 1 amide bonds. The highest BCUT2D eigenvalue weighted by molar-refractivity contribution is 5.91. The third-order valence-electron chi connectivity index (χ3n) is 4.26. The van der Waals surface area contributed by atoms with Crippen molar-refractivity contribution in [1.82, 2.24) is 9.55 Å².